The summed E-state index contributed by atoms with van der Waals surface area (Å²) in [7, 11) is 0. The van der Waals surface area contributed by atoms with E-state index in [4.69, 9.17) is 4.74 Å². The highest BCUT2D eigenvalue weighted by Crippen LogP contribution is 2.47. The van der Waals surface area contributed by atoms with Gasteiger partial charge >= 0.3 is 0 Å². The zero-order valence-corrected chi connectivity index (χ0v) is 23.6. The van der Waals surface area contributed by atoms with Crippen LogP contribution in [-0.4, -0.2) is 6.10 Å². The van der Waals surface area contributed by atoms with Crippen LogP contribution in [0.25, 0.3) is 65.7 Å². The summed E-state index contributed by atoms with van der Waals surface area (Å²) in [5.74, 6) is 1.25. The fraction of sp³-hybridized carbons (Fsp3) is 0.0476. The van der Waals surface area contributed by atoms with Crippen LogP contribution in [0.2, 0.25) is 0 Å². The van der Waals surface area contributed by atoms with E-state index in [1.54, 1.807) is 0 Å². The Kier molecular flexibility index (Phi) is 5.39. The van der Waals surface area contributed by atoms with Gasteiger partial charge < -0.3 is 4.74 Å². The van der Waals surface area contributed by atoms with Crippen molar-refractivity contribution in [3.63, 3.8) is 0 Å². The quantitative estimate of drug-likeness (QED) is 0.200. The second-order valence-corrected chi connectivity index (χ2v) is 11.6. The van der Waals surface area contributed by atoms with Gasteiger partial charge in [0.15, 0.2) is 0 Å². The minimum atomic E-state index is 0.0834. The topological polar surface area (TPSA) is 9.23 Å². The molecule has 43 heavy (non-hydrogen) atoms. The summed E-state index contributed by atoms with van der Waals surface area (Å²) >= 11 is 0. The van der Waals surface area contributed by atoms with E-state index in [0.29, 0.717) is 0 Å². The SMILES string of the molecule is C1=CC2Oc3ccc(-c4c5ccccc5c(-c5cccc(-c6cccc7ccccc67)c5)c5ccccc45)cc3C2C=C1. The molecular formula is C42H28O. The number of rotatable bonds is 3. The van der Waals surface area contributed by atoms with Gasteiger partial charge in [-0.15, -0.1) is 0 Å². The summed E-state index contributed by atoms with van der Waals surface area (Å²) in [5, 5.41) is 7.60. The van der Waals surface area contributed by atoms with Crippen molar-refractivity contribution in [2.75, 3.05) is 0 Å². The molecule has 1 nitrogen and oxygen atoms in total. The number of hydrogen-bond donors (Lipinski definition) is 0. The molecule has 0 aromatic heterocycles. The van der Waals surface area contributed by atoms with Crippen LogP contribution < -0.4 is 4.74 Å². The van der Waals surface area contributed by atoms with E-state index in [1.165, 1.54) is 71.3 Å². The molecule has 0 spiro atoms. The van der Waals surface area contributed by atoms with Gasteiger partial charge in [0.05, 0.1) is 0 Å². The predicted molar refractivity (Wildman–Crippen MR) is 181 cm³/mol. The first-order chi connectivity index (χ1) is 21.3. The first-order valence-corrected chi connectivity index (χ1v) is 15.0. The summed E-state index contributed by atoms with van der Waals surface area (Å²) in [4.78, 5) is 0. The Morgan fingerprint density at radius 3 is 1.77 bits per heavy atom. The zero-order chi connectivity index (χ0) is 28.3. The van der Waals surface area contributed by atoms with Crippen molar-refractivity contribution >= 4 is 32.3 Å². The fourth-order valence-corrected chi connectivity index (χ4v) is 7.27. The normalized spacial score (nSPS) is 16.8. The van der Waals surface area contributed by atoms with Crippen LogP contribution >= 0.6 is 0 Å². The molecule has 0 fully saturated rings. The lowest BCUT2D eigenvalue weighted by Gasteiger charge is -2.19. The zero-order valence-electron chi connectivity index (χ0n) is 23.6. The lowest BCUT2D eigenvalue weighted by atomic mass is 9.84. The van der Waals surface area contributed by atoms with Crippen molar-refractivity contribution < 1.29 is 4.74 Å². The average molecular weight is 549 g/mol. The van der Waals surface area contributed by atoms with Crippen molar-refractivity contribution in [1.29, 1.82) is 0 Å². The van der Waals surface area contributed by atoms with Gasteiger partial charge in [0.25, 0.3) is 0 Å². The molecule has 1 aliphatic heterocycles. The van der Waals surface area contributed by atoms with E-state index >= 15 is 0 Å². The van der Waals surface area contributed by atoms with Crippen LogP contribution in [0.1, 0.15) is 11.5 Å². The summed E-state index contributed by atoms with van der Waals surface area (Å²) in [6.07, 6.45) is 8.74. The molecule has 0 saturated heterocycles. The van der Waals surface area contributed by atoms with E-state index in [9.17, 15) is 0 Å². The summed E-state index contributed by atoms with van der Waals surface area (Å²) in [5.41, 5.74) is 8.78. The summed E-state index contributed by atoms with van der Waals surface area (Å²) in [6.45, 7) is 0. The third-order valence-electron chi connectivity index (χ3n) is 9.19. The molecule has 202 valence electrons. The van der Waals surface area contributed by atoms with Crippen LogP contribution in [0.4, 0.5) is 0 Å². The number of allylic oxidation sites excluding steroid dienone is 2. The maximum Gasteiger partial charge on any atom is 0.128 e. The highest BCUT2D eigenvalue weighted by Gasteiger charge is 2.32. The van der Waals surface area contributed by atoms with E-state index in [0.717, 1.165) is 5.75 Å². The molecule has 9 rings (SSSR count). The molecule has 7 aromatic rings. The van der Waals surface area contributed by atoms with Gasteiger partial charge in [0.2, 0.25) is 0 Å². The average Bonchev–Trinajstić information content (AvgIpc) is 3.45. The third-order valence-corrected chi connectivity index (χ3v) is 9.19. The lowest BCUT2D eigenvalue weighted by Crippen LogP contribution is -2.15. The first-order valence-electron chi connectivity index (χ1n) is 15.0. The standard InChI is InChI=1S/C42H28O/c1-2-15-31-27(11-1)12-10-21-32(31)28-13-9-14-29(25-28)41-34-17-3-5-19-36(34)42(37-20-6-4-18-35(37)41)30-23-24-40-38(26-30)33-16-7-8-22-39(33)43-40/h1-26,33,39H. The van der Waals surface area contributed by atoms with Crippen molar-refractivity contribution in [3.8, 4) is 39.1 Å². The molecule has 2 unspecified atom stereocenters. The van der Waals surface area contributed by atoms with Gasteiger partial charge in [0, 0.05) is 11.5 Å². The van der Waals surface area contributed by atoms with Crippen molar-refractivity contribution in [2.24, 2.45) is 0 Å². The Hall–Kier alpha value is -5.40. The highest BCUT2D eigenvalue weighted by molar-refractivity contribution is 6.21. The maximum absolute atomic E-state index is 6.29. The van der Waals surface area contributed by atoms with E-state index in [-0.39, 0.29) is 12.0 Å². The Bertz CT molecular complexity index is 2220. The Morgan fingerprint density at radius 1 is 0.442 bits per heavy atom. The maximum atomic E-state index is 6.29. The number of fused-ring (bicyclic) bond motifs is 6. The van der Waals surface area contributed by atoms with Gasteiger partial charge in [-0.25, -0.2) is 0 Å². The predicted octanol–water partition coefficient (Wildman–Crippen LogP) is 11.1. The van der Waals surface area contributed by atoms with Gasteiger partial charge in [-0.05, 0) is 90.0 Å². The molecule has 7 aromatic carbocycles. The Morgan fingerprint density at radius 2 is 1.02 bits per heavy atom. The second-order valence-electron chi connectivity index (χ2n) is 11.6. The van der Waals surface area contributed by atoms with Gasteiger partial charge in [0.1, 0.15) is 11.9 Å². The fourth-order valence-electron chi connectivity index (χ4n) is 7.27. The third kappa shape index (κ3) is 3.78. The minimum absolute atomic E-state index is 0.0834. The smallest absolute Gasteiger partial charge is 0.128 e. The molecule has 2 aliphatic rings. The molecule has 1 aliphatic carbocycles. The minimum Gasteiger partial charge on any atom is -0.485 e. The number of benzene rings is 7. The van der Waals surface area contributed by atoms with E-state index < -0.39 is 0 Å². The molecular weight excluding hydrogens is 520 g/mol. The number of hydrogen-bond acceptors (Lipinski definition) is 1. The molecule has 0 radical (unpaired) electrons. The largest absolute Gasteiger partial charge is 0.485 e. The van der Waals surface area contributed by atoms with Crippen LogP contribution in [0, 0.1) is 0 Å². The van der Waals surface area contributed by atoms with Crippen molar-refractivity contribution in [2.45, 2.75) is 12.0 Å². The monoisotopic (exact) mass is 548 g/mol. The van der Waals surface area contributed by atoms with Crippen molar-refractivity contribution in [1.82, 2.24) is 0 Å². The molecule has 1 heterocycles. The van der Waals surface area contributed by atoms with E-state index in [1.807, 2.05) is 0 Å². The van der Waals surface area contributed by atoms with Gasteiger partial charge in [-0.2, -0.15) is 0 Å². The van der Waals surface area contributed by atoms with Crippen molar-refractivity contribution in [3.05, 3.63) is 163 Å². The summed E-state index contributed by atoms with van der Waals surface area (Å²) in [6, 6.07) is 48.8. The first kappa shape index (κ1) is 24.2. The lowest BCUT2D eigenvalue weighted by molar-refractivity contribution is 0.269. The second kappa shape index (κ2) is 9.58. The van der Waals surface area contributed by atoms with Gasteiger partial charge in [-0.3, -0.25) is 0 Å². The van der Waals surface area contributed by atoms with Crippen LogP contribution in [0.3, 0.4) is 0 Å². The molecule has 0 N–H and O–H groups in total. The Labute approximate surface area is 251 Å². The number of ether oxygens (including phenoxy) is 1. The van der Waals surface area contributed by atoms with Crippen LogP contribution in [0.15, 0.2) is 158 Å². The molecule has 0 amide bonds. The molecule has 0 bridgehead atoms. The molecule has 1 heteroatoms. The molecule has 2 atom stereocenters. The summed E-state index contributed by atoms with van der Waals surface area (Å²) < 4.78 is 6.29. The van der Waals surface area contributed by atoms with Crippen LogP contribution in [-0.2, 0) is 0 Å². The Balaban J connectivity index is 1.28. The van der Waals surface area contributed by atoms with Gasteiger partial charge in [-0.1, -0.05) is 133 Å². The van der Waals surface area contributed by atoms with Crippen LogP contribution in [0.5, 0.6) is 5.75 Å². The molecule has 0 saturated carbocycles. The highest BCUT2D eigenvalue weighted by atomic mass is 16.5. The van der Waals surface area contributed by atoms with E-state index in [2.05, 4.69) is 158 Å².